The summed E-state index contributed by atoms with van der Waals surface area (Å²) in [6, 6.07) is 8.77. The monoisotopic (exact) mass is 516 g/mol. The molecule has 3 amide bonds. The van der Waals surface area contributed by atoms with Crippen molar-refractivity contribution < 1.29 is 19.1 Å². The maximum Gasteiger partial charge on any atom is 0.410 e. The SMILES string of the molecule is C.CC.CN[C@@H](C)C(=O)NC(C(=O)N1CC[C@@H]2C1CCN2C(=O)OCc1ccccc1)C1CCCCC1. The Morgan fingerprint density at radius 3 is 2.16 bits per heavy atom. The van der Waals surface area contributed by atoms with Crippen LogP contribution < -0.4 is 10.6 Å². The van der Waals surface area contributed by atoms with E-state index in [1.165, 1.54) is 6.42 Å². The van der Waals surface area contributed by atoms with Crippen molar-refractivity contribution in [3.63, 3.8) is 0 Å². The normalized spacial score (nSPS) is 22.6. The smallest absolute Gasteiger partial charge is 0.410 e. The highest BCUT2D eigenvalue weighted by Gasteiger charge is 2.48. The summed E-state index contributed by atoms with van der Waals surface area (Å²) in [7, 11) is 1.75. The first-order valence-electron chi connectivity index (χ1n) is 13.7. The Balaban J connectivity index is 0.00000157. The van der Waals surface area contributed by atoms with Gasteiger partial charge in [-0.2, -0.15) is 0 Å². The van der Waals surface area contributed by atoms with E-state index in [-0.39, 0.29) is 56.0 Å². The molecule has 2 heterocycles. The van der Waals surface area contributed by atoms with Gasteiger partial charge in [0, 0.05) is 13.1 Å². The fourth-order valence-corrected chi connectivity index (χ4v) is 5.73. The number of hydrogen-bond donors (Lipinski definition) is 2. The molecule has 2 N–H and O–H groups in total. The van der Waals surface area contributed by atoms with E-state index in [4.69, 9.17) is 4.74 Å². The molecule has 0 spiro atoms. The van der Waals surface area contributed by atoms with Crippen LogP contribution in [0.4, 0.5) is 4.79 Å². The highest BCUT2D eigenvalue weighted by molar-refractivity contribution is 5.90. The Bertz CT molecular complexity index is 859. The molecule has 208 valence electrons. The number of ether oxygens (including phenoxy) is 1. The molecule has 2 aliphatic heterocycles. The summed E-state index contributed by atoms with van der Waals surface area (Å²) in [6.45, 7) is 7.25. The van der Waals surface area contributed by atoms with Gasteiger partial charge in [-0.3, -0.25) is 9.59 Å². The van der Waals surface area contributed by atoms with Crippen molar-refractivity contribution in [2.45, 2.75) is 104 Å². The van der Waals surface area contributed by atoms with Crippen molar-refractivity contribution >= 4 is 17.9 Å². The van der Waals surface area contributed by atoms with E-state index in [1.54, 1.807) is 18.9 Å². The lowest BCUT2D eigenvalue weighted by molar-refractivity contribution is -0.139. The van der Waals surface area contributed by atoms with Gasteiger partial charge in [-0.25, -0.2) is 4.79 Å². The lowest BCUT2D eigenvalue weighted by Gasteiger charge is -2.35. The van der Waals surface area contributed by atoms with Crippen molar-refractivity contribution in [3.8, 4) is 0 Å². The third-order valence-corrected chi connectivity index (χ3v) is 7.81. The topological polar surface area (TPSA) is 91.0 Å². The molecule has 1 saturated carbocycles. The Labute approximate surface area is 223 Å². The van der Waals surface area contributed by atoms with Crippen LogP contribution in [0, 0.1) is 5.92 Å². The average molecular weight is 517 g/mol. The van der Waals surface area contributed by atoms with Crippen molar-refractivity contribution in [1.82, 2.24) is 20.4 Å². The van der Waals surface area contributed by atoms with Gasteiger partial charge in [0.1, 0.15) is 12.6 Å². The molecule has 8 nitrogen and oxygen atoms in total. The summed E-state index contributed by atoms with van der Waals surface area (Å²) in [5.41, 5.74) is 0.955. The summed E-state index contributed by atoms with van der Waals surface area (Å²) in [6.07, 6.45) is 6.48. The summed E-state index contributed by atoms with van der Waals surface area (Å²) in [4.78, 5) is 43.0. The average Bonchev–Trinajstić information content (AvgIpc) is 3.54. The maximum atomic E-state index is 13.8. The highest BCUT2D eigenvalue weighted by Crippen LogP contribution is 2.35. The predicted molar refractivity (Wildman–Crippen MR) is 147 cm³/mol. The first kappa shape index (κ1) is 30.6. The quantitative estimate of drug-likeness (QED) is 0.563. The number of rotatable bonds is 7. The van der Waals surface area contributed by atoms with Crippen LogP contribution in [0.3, 0.4) is 0 Å². The lowest BCUT2D eigenvalue weighted by Crippen LogP contribution is -2.56. The number of hydrogen-bond acceptors (Lipinski definition) is 5. The van der Waals surface area contributed by atoms with Gasteiger partial charge >= 0.3 is 6.09 Å². The number of carbonyl (C=O) groups is 3. The van der Waals surface area contributed by atoms with Crippen LogP contribution >= 0.6 is 0 Å². The standard InChI is InChI=1S/C26H38N4O4.C2H6.CH4/c1-18(27-2)24(31)28-23(20-11-7-4-8-12-20)25(32)29-15-13-22-21(29)14-16-30(22)26(33)34-17-19-9-5-3-6-10-19;1-2;/h3,5-6,9-10,18,20-23,27H,4,7-8,11-17H2,1-2H3,(H,28,31);1-2H3;1H4/t18-,21?,22+,23?;;/m0../s1. The van der Waals surface area contributed by atoms with E-state index in [9.17, 15) is 14.4 Å². The molecule has 1 aromatic carbocycles. The number of benzene rings is 1. The second-order valence-corrected chi connectivity index (χ2v) is 9.87. The molecule has 1 aliphatic carbocycles. The molecule has 8 heteroatoms. The number of fused-ring (bicyclic) bond motifs is 1. The molecule has 2 unspecified atom stereocenters. The minimum absolute atomic E-state index is 0. The molecule has 0 radical (unpaired) electrons. The minimum Gasteiger partial charge on any atom is -0.445 e. The maximum absolute atomic E-state index is 13.8. The number of likely N-dealkylation sites (N-methyl/N-ethyl adjacent to an activating group) is 1. The van der Waals surface area contributed by atoms with Crippen LogP contribution in [0.25, 0.3) is 0 Å². The van der Waals surface area contributed by atoms with E-state index in [2.05, 4.69) is 10.6 Å². The first-order valence-corrected chi connectivity index (χ1v) is 13.7. The van der Waals surface area contributed by atoms with E-state index < -0.39 is 6.04 Å². The molecule has 4 atom stereocenters. The zero-order valence-electron chi connectivity index (χ0n) is 22.4. The first-order chi connectivity index (χ1) is 17.5. The zero-order chi connectivity index (χ0) is 26.1. The fourth-order valence-electron chi connectivity index (χ4n) is 5.73. The summed E-state index contributed by atoms with van der Waals surface area (Å²) in [5.74, 6) is 0.0388. The van der Waals surface area contributed by atoms with Crippen molar-refractivity contribution in [3.05, 3.63) is 35.9 Å². The molecule has 2 saturated heterocycles. The van der Waals surface area contributed by atoms with Crippen LogP contribution in [-0.2, 0) is 20.9 Å². The molecular formula is C29H48N4O4. The predicted octanol–water partition coefficient (Wildman–Crippen LogP) is 4.33. The van der Waals surface area contributed by atoms with Crippen molar-refractivity contribution in [1.29, 1.82) is 0 Å². The van der Waals surface area contributed by atoms with Gasteiger partial charge in [-0.15, -0.1) is 0 Å². The molecule has 4 rings (SSSR count). The van der Waals surface area contributed by atoms with Crippen LogP contribution in [0.15, 0.2) is 30.3 Å². The van der Waals surface area contributed by atoms with E-state index in [0.29, 0.717) is 13.1 Å². The molecule has 3 aliphatic rings. The third kappa shape index (κ3) is 7.46. The van der Waals surface area contributed by atoms with E-state index in [1.807, 2.05) is 49.1 Å². The molecule has 0 aromatic heterocycles. The van der Waals surface area contributed by atoms with E-state index >= 15 is 0 Å². The van der Waals surface area contributed by atoms with E-state index in [0.717, 1.165) is 44.1 Å². The zero-order valence-corrected chi connectivity index (χ0v) is 22.4. The molecule has 0 bridgehead atoms. The number of nitrogens with one attached hydrogen (secondary N) is 2. The van der Waals surface area contributed by atoms with Gasteiger partial charge in [0.2, 0.25) is 11.8 Å². The van der Waals surface area contributed by atoms with Crippen LogP contribution in [-0.4, -0.2) is 72.0 Å². The largest absolute Gasteiger partial charge is 0.445 e. The molecule has 37 heavy (non-hydrogen) atoms. The summed E-state index contributed by atoms with van der Waals surface area (Å²) >= 11 is 0. The fraction of sp³-hybridized carbons (Fsp3) is 0.690. The Morgan fingerprint density at radius 2 is 1.54 bits per heavy atom. The van der Waals surface area contributed by atoms with Gasteiger partial charge in [-0.05, 0) is 51.1 Å². The number of carbonyl (C=O) groups excluding carboxylic acids is 3. The highest BCUT2D eigenvalue weighted by atomic mass is 16.6. The minimum atomic E-state index is -0.499. The third-order valence-electron chi connectivity index (χ3n) is 7.81. The summed E-state index contributed by atoms with van der Waals surface area (Å²) < 4.78 is 5.57. The number of amides is 3. The summed E-state index contributed by atoms with van der Waals surface area (Å²) in [5, 5.41) is 6.03. The second-order valence-electron chi connectivity index (χ2n) is 9.87. The van der Waals surface area contributed by atoms with Gasteiger partial charge in [0.15, 0.2) is 0 Å². The molecular weight excluding hydrogens is 468 g/mol. The van der Waals surface area contributed by atoms with Crippen molar-refractivity contribution in [2.24, 2.45) is 5.92 Å². The van der Waals surface area contributed by atoms with Crippen LogP contribution in [0.1, 0.15) is 78.7 Å². The van der Waals surface area contributed by atoms with Crippen LogP contribution in [0.5, 0.6) is 0 Å². The number of nitrogens with zero attached hydrogens (tertiary/aromatic N) is 2. The van der Waals surface area contributed by atoms with Gasteiger partial charge < -0.3 is 25.2 Å². The molecule has 3 fully saturated rings. The Kier molecular flexibility index (Phi) is 12.4. The Hall–Kier alpha value is -2.61. The lowest BCUT2D eigenvalue weighted by atomic mass is 9.83. The van der Waals surface area contributed by atoms with Crippen LogP contribution in [0.2, 0.25) is 0 Å². The number of likely N-dealkylation sites (tertiary alicyclic amines) is 2. The van der Waals surface area contributed by atoms with Crippen molar-refractivity contribution in [2.75, 3.05) is 20.1 Å². The Morgan fingerprint density at radius 1 is 0.946 bits per heavy atom. The molecule has 1 aromatic rings. The van der Waals surface area contributed by atoms with Gasteiger partial charge in [-0.1, -0.05) is 70.9 Å². The van der Waals surface area contributed by atoms with Gasteiger partial charge in [0.25, 0.3) is 0 Å². The van der Waals surface area contributed by atoms with Gasteiger partial charge in [0.05, 0.1) is 18.1 Å². The second kappa shape index (κ2) is 15.0.